The molecule has 0 aliphatic carbocycles. The van der Waals surface area contributed by atoms with Crippen molar-refractivity contribution in [2.45, 2.75) is 18.9 Å². The number of halogens is 4. The summed E-state index contributed by atoms with van der Waals surface area (Å²) in [6.45, 7) is 1.91. The third-order valence-corrected chi connectivity index (χ3v) is 4.31. The summed E-state index contributed by atoms with van der Waals surface area (Å²) >= 11 is 23.5. The van der Waals surface area contributed by atoms with Crippen molar-refractivity contribution >= 4 is 52.3 Å². The van der Waals surface area contributed by atoms with Gasteiger partial charge in [-0.25, -0.2) is 0 Å². The van der Waals surface area contributed by atoms with Crippen LogP contribution in [0.1, 0.15) is 23.7 Å². The normalized spacial score (nSPS) is 11.4. The number of alkyl halides is 2. The van der Waals surface area contributed by atoms with Gasteiger partial charge in [-0.1, -0.05) is 30.1 Å². The van der Waals surface area contributed by atoms with E-state index in [1.165, 1.54) is 6.07 Å². The zero-order chi connectivity index (χ0) is 13.8. The van der Waals surface area contributed by atoms with Gasteiger partial charge in [0.2, 0.25) is 0 Å². The number of hydrogen-bond acceptors (Lipinski definition) is 1. The van der Waals surface area contributed by atoms with E-state index >= 15 is 0 Å². The van der Waals surface area contributed by atoms with E-state index in [1.807, 2.05) is 6.92 Å². The van der Waals surface area contributed by atoms with E-state index in [0.717, 1.165) is 0 Å². The minimum atomic E-state index is -0.622. The van der Waals surface area contributed by atoms with Crippen molar-refractivity contribution in [3.05, 3.63) is 33.8 Å². The van der Waals surface area contributed by atoms with Crippen LogP contribution in [0.4, 0.5) is 0 Å². The molecule has 0 aromatic heterocycles. The molecule has 100 valence electrons. The molecule has 0 atom stereocenters. The number of amides is 1. The lowest BCUT2D eigenvalue weighted by Gasteiger charge is -2.29. The maximum atomic E-state index is 12.1. The van der Waals surface area contributed by atoms with Crippen molar-refractivity contribution in [3.63, 3.8) is 0 Å². The third-order valence-electron chi connectivity index (χ3n) is 2.74. The fourth-order valence-corrected chi connectivity index (χ4v) is 2.65. The van der Waals surface area contributed by atoms with Crippen molar-refractivity contribution in [1.82, 2.24) is 5.32 Å². The van der Waals surface area contributed by atoms with Crippen molar-refractivity contribution in [1.29, 1.82) is 0 Å². The minimum Gasteiger partial charge on any atom is -0.344 e. The van der Waals surface area contributed by atoms with Crippen LogP contribution in [-0.2, 0) is 0 Å². The largest absolute Gasteiger partial charge is 0.344 e. The Morgan fingerprint density at radius 1 is 1.28 bits per heavy atom. The Kier molecular flexibility index (Phi) is 6.06. The van der Waals surface area contributed by atoms with Crippen LogP contribution in [0.2, 0.25) is 10.0 Å². The maximum Gasteiger partial charge on any atom is 0.253 e. The number of rotatable bonds is 5. The Labute approximate surface area is 127 Å². The fraction of sp³-hybridized carbons (Fsp3) is 0.417. The van der Waals surface area contributed by atoms with Crippen molar-refractivity contribution in [2.24, 2.45) is 0 Å². The van der Waals surface area contributed by atoms with Crippen LogP contribution < -0.4 is 5.32 Å². The van der Waals surface area contributed by atoms with Gasteiger partial charge in [0.25, 0.3) is 5.91 Å². The molecular formula is C12H13Cl4NO. The number of nitrogens with one attached hydrogen (secondary N) is 1. The molecular weight excluding hydrogens is 316 g/mol. The lowest BCUT2D eigenvalue weighted by atomic mass is 10.0. The average Bonchev–Trinajstić information content (AvgIpc) is 2.36. The maximum absolute atomic E-state index is 12.1. The SMILES string of the molecule is CCC(CCl)(CCl)NC(=O)c1ccc(Cl)cc1Cl. The summed E-state index contributed by atoms with van der Waals surface area (Å²) in [5.74, 6) is 0.174. The highest BCUT2D eigenvalue weighted by atomic mass is 35.5. The number of carbonyl (C=O) groups is 1. The first-order chi connectivity index (χ1) is 8.48. The van der Waals surface area contributed by atoms with E-state index in [2.05, 4.69) is 5.32 Å². The third kappa shape index (κ3) is 3.67. The van der Waals surface area contributed by atoms with Gasteiger partial charge in [0.15, 0.2) is 0 Å². The molecule has 1 amide bonds. The zero-order valence-corrected chi connectivity index (χ0v) is 12.8. The van der Waals surface area contributed by atoms with Gasteiger partial charge in [-0.05, 0) is 24.6 Å². The highest BCUT2D eigenvalue weighted by molar-refractivity contribution is 6.36. The van der Waals surface area contributed by atoms with Crippen LogP contribution in [-0.4, -0.2) is 23.2 Å². The fourth-order valence-electron chi connectivity index (χ4n) is 1.36. The molecule has 0 heterocycles. The second kappa shape index (κ2) is 6.85. The summed E-state index contributed by atoms with van der Waals surface area (Å²) < 4.78 is 0. The van der Waals surface area contributed by atoms with Gasteiger partial charge < -0.3 is 5.32 Å². The molecule has 18 heavy (non-hydrogen) atoms. The summed E-state index contributed by atoms with van der Waals surface area (Å²) in [5, 5.41) is 3.61. The quantitative estimate of drug-likeness (QED) is 0.800. The smallest absolute Gasteiger partial charge is 0.253 e. The highest BCUT2D eigenvalue weighted by Crippen LogP contribution is 2.22. The van der Waals surface area contributed by atoms with E-state index in [0.29, 0.717) is 22.0 Å². The van der Waals surface area contributed by atoms with E-state index in [1.54, 1.807) is 12.1 Å². The van der Waals surface area contributed by atoms with Gasteiger partial charge in [-0.2, -0.15) is 0 Å². The van der Waals surface area contributed by atoms with Crippen LogP contribution in [0.5, 0.6) is 0 Å². The molecule has 0 spiro atoms. The first-order valence-corrected chi connectivity index (χ1v) is 7.20. The Morgan fingerprint density at radius 3 is 2.33 bits per heavy atom. The summed E-state index contributed by atoms with van der Waals surface area (Å²) in [4.78, 5) is 12.1. The first-order valence-electron chi connectivity index (χ1n) is 5.37. The van der Waals surface area contributed by atoms with Crippen LogP contribution >= 0.6 is 46.4 Å². The lowest BCUT2D eigenvalue weighted by molar-refractivity contribution is 0.0913. The van der Waals surface area contributed by atoms with E-state index in [-0.39, 0.29) is 17.7 Å². The Balaban J connectivity index is 2.94. The zero-order valence-electron chi connectivity index (χ0n) is 9.77. The molecule has 0 unspecified atom stereocenters. The van der Waals surface area contributed by atoms with Gasteiger partial charge in [0, 0.05) is 16.8 Å². The summed E-state index contributed by atoms with van der Waals surface area (Å²) in [6, 6.07) is 4.70. The van der Waals surface area contributed by atoms with Crippen LogP contribution in [0.15, 0.2) is 18.2 Å². The van der Waals surface area contributed by atoms with Gasteiger partial charge in [-0.3, -0.25) is 4.79 Å². The Morgan fingerprint density at radius 2 is 1.89 bits per heavy atom. The minimum absolute atomic E-state index is 0.240. The van der Waals surface area contributed by atoms with Crippen molar-refractivity contribution < 1.29 is 4.79 Å². The molecule has 1 aromatic rings. The molecule has 2 nitrogen and oxygen atoms in total. The van der Waals surface area contributed by atoms with Crippen LogP contribution in [0.3, 0.4) is 0 Å². The Hall–Kier alpha value is -0.150. The molecule has 0 fully saturated rings. The van der Waals surface area contributed by atoms with E-state index in [4.69, 9.17) is 46.4 Å². The topological polar surface area (TPSA) is 29.1 Å². The second-order valence-corrected chi connectivity index (χ2v) is 5.36. The summed E-state index contributed by atoms with van der Waals surface area (Å²) in [6.07, 6.45) is 0.636. The monoisotopic (exact) mass is 327 g/mol. The number of hydrogen-bond donors (Lipinski definition) is 1. The Bertz CT molecular complexity index is 424. The van der Waals surface area contributed by atoms with E-state index < -0.39 is 5.54 Å². The van der Waals surface area contributed by atoms with Crippen LogP contribution in [0.25, 0.3) is 0 Å². The van der Waals surface area contributed by atoms with E-state index in [9.17, 15) is 4.79 Å². The molecule has 6 heteroatoms. The lowest BCUT2D eigenvalue weighted by Crippen LogP contribution is -2.51. The van der Waals surface area contributed by atoms with Crippen molar-refractivity contribution in [2.75, 3.05) is 11.8 Å². The van der Waals surface area contributed by atoms with Gasteiger partial charge in [-0.15, -0.1) is 23.2 Å². The van der Waals surface area contributed by atoms with Gasteiger partial charge >= 0.3 is 0 Å². The molecule has 0 radical (unpaired) electrons. The molecule has 1 N–H and O–H groups in total. The molecule has 0 saturated heterocycles. The van der Waals surface area contributed by atoms with Crippen LogP contribution in [0, 0.1) is 0 Å². The number of carbonyl (C=O) groups excluding carboxylic acids is 1. The molecule has 0 aliphatic rings. The van der Waals surface area contributed by atoms with Gasteiger partial charge in [0.1, 0.15) is 0 Å². The summed E-state index contributed by atoms with van der Waals surface area (Å²) in [7, 11) is 0. The molecule has 0 saturated carbocycles. The number of benzene rings is 1. The summed E-state index contributed by atoms with van der Waals surface area (Å²) in [5.41, 5.74) is -0.266. The predicted molar refractivity (Wildman–Crippen MR) is 78.4 cm³/mol. The second-order valence-electron chi connectivity index (χ2n) is 3.98. The highest BCUT2D eigenvalue weighted by Gasteiger charge is 2.29. The molecule has 0 aliphatic heterocycles. The molecule has 1 rings (SSSR count). The molecule has 0 bridgehead atoms. The van der Waals surface area contributed by atoms with Crippen molar-refractivity contribution in [3.8, 4) is 0 Å². The predicted octanol–water partition coefficient (Wildman–Crippen LogP) is 4.35. The first kappa shape index (κ1) is 15.9. The molecule has 1 aromatic carbocycles. The van der Waals surface area contributed by atoms with Gasteiger partial charge in [0.05, 0.1) is 16.1 Å². The average molecular weight is 329 g/mol. The standard InChI is InChI=1S/C12H13Cl4NO/c1-2-12(6-13,7-14)17-11(18)9-4-3-8(15)5-10(9)16/h3-5H,2,6-7H2,1H3,(H,17,18).